The molecule has 4 aromatic rings. The second-order valence-corrected chi connectivity index (χ2v) is 6.80. The molecular weight excluding hydrogens is 396 g/mol. The van der Waals surface area contributed by atoms with Crippen molar-refractivity contribution in [2.75, 3.05) is 7.11 Å². The van der Waals surface area contributed by atoms with Crippen LogP contribution in [0.15, 0.2) is 53.7 Å². The van der Waals surface area contributed by atoms with E-state index in [0.717, 1.165) is 0 Å². The van der Waals surface area contributed by atoms with Crippen molar-refractivity contribution in [2.45, 2.75) is 12.3 Å². The number of rotatable bonds is 4. The van der Waals surface area contributed by atoms with Crippen LogP contribution in [0.2, 0.25) is 5.02 Å². The van der Waals surface area contributed by atoms with Crippen LogP contribution < -0.4 is 5.56 Å². The van der Waals surface area contributed by atoms with Gasteiger partial charge in [0.05, 0.1) is 35.2 Å². The lowest BCUT2D eigenvalue weighted by molar-refractivity contribution is -0.140. The number of halogens is 1. The zero-order valence-electron chi connectivity index (χ0n) is 15.2. The van der Waals surface area contributed by atoms with Gasteiger partial charge < -0.3 is 9.84 Å². The summed E-state index contributed by atoms with van der Waals surface area (Å²) in [7, 11) is 1.26. The molecular formula is C20H15ClN4O4. The highest BCUT2D eigenvalue weighted by Crippen LogP contribution is 2.32. The van der Waals surface area contributed by atoms with Crippen LogP contribution in [0, 0.1) is 0 Å². The number of fused-ring (bicyclic) bond motifs is 2. The van der Waals surface area contributed by atoms with Crippen molar-refractivity contribution in [1.82, 2.24) is 19.4 Å². The first-order chi connectivity index (χ1) is 14.0. The van der Waals surface area contributed by atoms with Crippen molar-refractivity contribution >= 4 is 34.3 Å². The average Bonchev–Trinajstić information content (AvgIpc) is 2.73. The maximum Gasteiger partial charge on any atom is 0.306 e. The average molecular weight is 411 g/mol. The summed E-state index contributed by atoms with van der Waals surface area (Å²) in [5.41, 5.74) is 1.54. The molecule has 3 aromatic heterocycles. The number of hydrogen-bond donors (Lipinski definition) is 1. The Labute approximate surface area is 169 Å². The molecule has 0 aliphatic carbocycles. The maximum atomic E-state index is 13.2. The van der Waals surface area contributed by atoms with Crippen molar-refractivity contribution in [3.63, 3.8) is 0 Å². The molecule has 0 aliphatic heterocycles. The lowest BCUT2D eigenvalue weighted by Gasteiger charge is -2.18. The zero-order chi connectivity index (χ0) is 20.5. The van der Waals surface area contributed by atoms with Gasteiger partial charge in [0.1, 0.15) is 5.65 Å². The molecule has 0 saturated carbocycles. The molecule has 0 aliphatic rings. The van der Waals surface area contributed by atoms with Crippen LogP contribution in [0.3, 0.4) is 0 Å². The Kier molecular flexibility index (Phi) is 4.85. The number of methoxy groups -OCH3 is 1. The van der Waals surface area contributed by atoms with Crippen LogP contribution in [0.1, 0.15) is 23.5 Å². The second-order valence-electron chi connectivity index (χ2n) is 6.37. The van der Waals surface area contributed by atoms with Crippen LogP contribution in [-0.2, 0) is 9.53 Å². The minimum Gasteiger partial charge on any atom is -0.493 e. The summed E-state index contributed by atoms with van der Waals surface area (Å²) < 4.78 is 6.04. The first kappa shape index (κ1) is 18.8. The van der Waals surface area contributed by atoms with Gasteiger partial charge in [0, 0.05) is 24.5 Å². The molecule has 0 unspecified atom stereocenters. The SMILES string of the molecule is COC(=O)C[C@@H](c1ccc2nccnc2c1)c1c(O)nc2ccc(Cl)cn2c1=O. The van der Waals surface area contributed by atoms with Gasteiger partial charge in [-0.05, 0) is 29.8 Å². The Balaban J connectivity index is 1.96. The Morgan fingerprint density at radius 1 is 1.21 bits per heavy atom. The van der Waals surface area contributed by atoms with Crippen molar-refractivity contribution < 1.29 is 14.6 Å². The van der Waals surface area contributed by atoms with Crippen molar-refractivity contribution in [3.8, 4) is 5.88 Å². The Morgan fingerprint density at radius 3 is 2.72 bits per heavy atom. The topological polar surface area (TPSA) is 107 Å². The van der Waals surface area contributed by atoms with E-state index in [1.165, 1.54) is 23.8 Å². The highest BCUT2D eigenvalue weighted by atomic mass is 35.5. The molecule has 4 rings (SSSR count). The van der Waals surface area contributed by atoms with E-state index in [9.17, 15) is 14.7 Å². The predicted octanol–water partition coefficient (Wildman–Crippen LogP) is 2.69. The largest absolute Gasteiger partial charge is 0.493 e. The van der Waals surface area contributed by atoms with Crippen LogP contribution >= 0.6 is 11.6 Å². The van der Waals surface area contributed by atoms with Gasteiger partial charge in [-0.1, -0.05) is 17.7 Å². The van der Waals surface area contributed by atoms with E-state index >= 15 is 0 Å². The second kappa shape index (κ2) is 7.48. The van der Waals surface area contributed by atoms with Crippen LogP contribution in [0.5, 0.6) is 5.88 Å². The number of aromatic nitrogens is 4. The first-order valence-corrected chi connectivity index (χ1v) is 9.04. The summed E-state index contributed by atoms with van der Waals surface area (Å²) in [6.07, 6.45) is 4.37. The highest BCUT2D eigenvalue weighted by molar-refractivity contribution is 6.30. The quantitative estimate of drug-likeness (QED) is 0.515. The van der Waals surface area contributed by atoms with Gasteiger partial charge in [-0.3, -0.25) is 24.0 Å². The number of carbonyl (C=O) groups is 1. The number of hydrogen-bond acceptors (Lipinski definition) is 7. The Bertz CT molecular complexity index is 1300. The predicted molar refractivity (Wildman–Crippen MR) is 106 cm³/mol. The van der Waals surface area contributed by atoms with Crippen molar-refractivity contribution in [3.05, 3.63) is 75.4 Å². The van der Waals surface area contributed by atoms with E-state index in [-0.39, 0.29) is 17.6 Å². The van der Waals surface area contributed by atoms with Gasteiger partial charge in [0.15, 0.2) is 0 Å². The molecule has 8 nitrogen and oxygen atoms in total. The third-order valence-electron chi connectivity index (χ3n) is 4.64. The number of benzene rings is 1. The third kappa shape index (κ3) is 3.50. The molecule has 9 heteroatoms. The maximum absolute atomic E-state index is 13.2. The minimum atomic E-state index is -0.801. The van der Waals surface area contributed by atoms with E-state index in [1.807, 2.05) is 0 Å². The lowest BCUT2D eigenvalue weighted by atomic mass is 9.89. The molecule has 1 aromatic carbocycles. The summed E-state index contributed by atoms with van der Waals surface area (Å²) in [5, 5.41) is 10.9. The summed E-state index contributed by atoms with van der Waals surface area (Å²) in [5.74, 6) is -1.79. The smallest absolute Gasteiger partial charge is 0.306 e. The summed E-state index contributed by atoms with van der Waals surface area (Å²) in [4.78, 5) is 37.9. The number of pyridine rings is 1. The fourth-order valence-electron chi connectivity index (χ4n) is 3.25. The molecule has 1 N–H and O–H groups in total. The van der Waals surface area contributed by atoms with E-state index < -0.39 is 23.3 Å². The highest BCUT2D eigenvalue weighted by Gasteiger charge is 2.27. The summed E-state index contributed by atoms with van der Waals surface area (Å²) in [6, 6.07) is 8.28. The third-order valence-corrected chi connectivity index (χ3v) is 4.87. The fourth-order valence-corrected chi connectivity index (χ4v) is 3.41. The molecule has 0 fully saturated rings. The molecule has 0 saturated heterocycles. The zero-order valence-corrected chi connectivity index (χ0v) is 16.0. The van der Waals surface area contributed by atoms with E-state index in [4.69, 9.17) is 16.3 Å². The van der Waals surface area contributed by atoms with Crippen LogP contribution in [0.25, 0.3) is 16.7 Å². The van der Waals surface area contributed by atoms with E-state index in [0.29, 0.717) is 21.6 Å². The van der Waals surface area contributed by atoms with Crippen molar-refractivity contribution in [2.24, 2.45) is 0 Å². The van der Waals surface area contributed by atoms with Gasteiger partial charge in [-0.2, -0.15) is 4.98 Å². The monoisotopic (exact) mass is 410 g/mol. The number of ether oxygens (including phenoxy) is 1. The molecule has 0 amide bonds. The van der Waals surface area contributed by atoms with Gasteiger partial charge in [0.25, 0.3) is 5.56 Å². The van der Waals surface area contributed by atoms with Gasteiger partial charge in [-0.15, -0.1) is 0 Å². The van der Waals surface area contributed by atoms with Gasteiger partial charge in [-0.25, -0.2) is 0 Å². The fraction of sp³-hybridized carbons (Fsp3) is 0.150. The normalized spacial score (nSPS) is 12.2. The first-order valence-electron chi connectivity index (χ1n) is 8.66. The van der Waals surface area contributed by atoms with Crippen LogP contribution in [0.4, 0.5) is 0 Å². The molecule has 1 atom stereocenters. The molecule has 0 bridgehead atoms. The Hall–Kier alpha value is -3.52. The number of esters is 1. The van der Waals surface area contributed by atoms with Gasteiger partial charge >= 0.3 is 5.97 Å². The van der Waals surface area contributed by atoms with E-state index in [1.54, 1.807) is 36.7 Å². The summed E-state index contributed by atoms with van der Waals surface area (Å²) in [6.45, 7) is 0. The van der Waals surface area contributed by atoms with Crippen LogP contribution in [-0.4, -0.2) is 37.5 Å². The van der Waals surface area contributed by atoms with Crippen molar-refractivity contribution in [1.29, 1.82) is 0 Å². The number of nitrogens with zero attached hydrogens (tertiary/aromatic N) is 4. The van der Waals surface area contributed by atoms with E-state index in [2.05, 4.69) is 15.0 Å². The minimum absolute atomic E-state index is 0.0293. The van der Waals surface area contributed by atoms with Gasteiger partial charge in [0.2, 0.25) is 5.88 Å². The molecule has 0 spiro atoms. The summed E-state index contributed by atoms with van der Waals surface area (Å²) >= 11 is 6.01. The standard InChI is InChI=1S/C20H15ClN4O4/c1-29-17(26)9-13(11-2-4-14-15(8-11)23-7-6-22-14)18-19(27)24-16-5-3-12(21)10-25(16)20(18)28/h2-8,10,13,27H,9H2,1H3/t13-/m0/s1. The lowest BCUT2D eigenvalue weighted by Crippen LogP contribution is -2.24. The molecule has 0 radical (unpaired) electrons. The number of aromatic hydroxyl groups is 1. The Morgan fingerprint density at radius 2 is 1.97 bits per heavy atom. The number of carbonyl (C=O) groups excluding carboxylic acids is 1. The molecule has 146 valence electrons. The molecule has 3 heterocycles. The molecule has 29 heavy (non-hydrogen) atoms.